The van der Waals surface area contributed by atoms with Crippen LogP contribution in [0, 0.1) is 21.8 Å². The second-order valence-corrected chi connectivity index (χ2v) is 8.14. The van der Waals surface area contributed by atoms with Gasteiger partial charge in [0.25, 0.3) is 0 Å². The minimum atomic E-state index is -0.923. The fraction of sp³-hybridized carbons (Fsp3) is 0.476. The van der Waals surface area contributed by atoms with Crippen LogP contribution in [-0.4, -0.2) is 38.7 Å². The maximum atomic E-state index is 14.4. The van der Waals surface area contributed by atoms with Gasteiger partial charge in [-0.15, -0.1) is 0 Å². The molecule has 1 N–H and O–H groups in total. The number of carboxylic acid groups (broad SMARTS) is 1. The molecule has 8 heteroatoms. The second kappa shape index (κ2) is 7.50. The third-order valence-electron chi connectivity index (χ3n) is 6.01. The Hall–Kier alpha value is -2.90. The van der Waals surface area contributed by atoms with Crippen LogP contribution in [0.25, 0.3) is 17.0 Å². The van der Waals surface area contributed by atoms with Crippen molar-refractivity contribution >= 4 is 23.1 Å². The molecule has 2 aliphatic rings. The average molecular weight is 401 g/mol. The Morgan fingerprint density at radius 2 is 1.97 bits per heavy atom. The van der Waals surface area contributed by atoms with Crippen molar-refractivity contribution in [2.75, 3.05) is 13.1 Å². The fourth-order valence-corrected chi connectivity index (χ4v) is 4.26. The van der Waals surface area contributed by atoms with E-state index in [1.807, 2.05) is 6.07 Å². The Balaban J connectivity index is 1.80. The monoisotopic (exact) mass is 401 g/mol. The molecule has 4 rings (SSSR count). The number of likely N-dealkylation sites (tertiary alicyclic amines) is 1. The first-order chi connectivity index (χ1) is 13.8. The van der Waals surface area contributed by atoms with Crippen molar-refractivity contribution < 1.29 is 19.2 Å². The molecule has 0 atom stereocenters. The Morgan fingerprint density at radius 3 is 2.55 bits per heavy atom. The standard InChI is InChI=1S/C21H24FN3O4/c1-13(25(28)29)8-18-10-16-9-17(22)11-19(20(16)24(18)12-14-2-3-14)15-4-6-23(7-5-15)21(26)27/h8-11,14-15H,2-7,12H2,1H3,(H,26,27)/b13-8+. The van der Waals surface area contributed by atoms with Gasteiger partial charge in [0.1, 0.15) is 5.82 Å². The second-order valence-electron chi connectivity index (χ2n) is 8.14. The third kappa shape index (κ3) is 3.97. The summed E-state index contributed by atoms with van der Waals surface area (Å²) in [5.74, 6) is 0.267. The minimum absolute atomic E-state index is 0.0432. The number of hydrogen-bond donors (Lipinski definition) is 1. The number of amides is 1. The highest BCUT2D eigenvalue weighted by Gasteiger charge is 2.29. The lowest BCUT2D eigenvalue weighted by atomic mass is 9.88. The van der Waals surface area contributed by atoms with Crippen LogP contribution in [0.2, 0.25) is 0 Å². The number of piperidine rings is 1. The topological polar surface area (TPSA) is 88.6 Å². The number of nitro groups is 1. The molecule has 1 aliphatic heterocycles. The number of carbonyl (C=O) groups is 1. The number of halogens is 1. The normalized spacial score (nSPS) is 18.4. The molecule has 2 heterocycles. The van der Waals surface area contributed by atoms with Gasteiger partial charge >= 0.3 is 6.09 Å². The summed E-state index contributed by atoms with van der Waals surface area (Å²) in [6, 6.07) is 4.86. The van der Waals surface area contributed by atoms with Gasteiger partial charge in [0.15, 0.2) is 0 Å². The number of allylic oxidation sites excluding steroid dienone is 1. The number of benzene rings is 1. The first kappa shape index (κ1) is 19.4. The molecule has 7 nitrogen and oxygen atoms in total. The summed E-state index contributed by atoms with van der Waals surface area (Å²) >= 11 is 0. The number of hydrogen-bond acceptors (Lipinski definition) is 3. The van der Waals surface area contributed by atoms with Crippen LogP contribution in [0.5, 0.6) is 0 Å². The SMILES string of the molecule is C/C(=C\c1cc2cc(F)cc(C3CCN(C(=O)O)CC3)c2n1CC1CC1)[N+](=O)[O-]. The van der Waals surface area contributed by atoms with E-state index in [1.165, 1.54) is 17.9 Å². The largest absolute Gasteiger partial charge is 0.465 e. The molecule has 1 saturated carbocycles. The number of rotatable bonds is 5. The summed E-state index contributed by atoms with van der Waals surface area (Å²) in [6.07, 6.45) is 4.16. The van der Waals surface area contributed by atoms with Gasteiger partial charge < -0.3 is 14.6 Å². The maximum absolute atomic E-state index is 14.4. The fourth-order valence-electron chi connectivity index (χ4n) is 4.26. The molecule has 0 radical (unpaired) electrons. The molecule has 0 unspecified atom stereocenters. The first-order valence-electron chi connectivity index (χ1n) is 9.96. The van der Waals surface area contributed by atoms with Gasteiger partial charge in [0.2, 0.25) is 5.70 Å². The van der Waals surface area contributed by atoms with Gasteiger partial charge in [-0.25, -0.2) is 9.18 Å². The molecule has 1 saturated heterocycles. The Morgan fingerprint density at radius 1 is 1.28 bits per heavy atom. The summed E-state index contributed by atoms with van der Waals surface area (Å²) in [4.78, 5) is 23.3. The molecule has 0 spiro atoms. The van der Waals surface area contributed by atoms with Crippen LogP contribution < -0.4 is 0 Å². The van der Waals surface area contributed by atoms with Gasteiger partial charge in [-0.05, 0) is 61.3 Å². The van der Waals surface area contributed by atoms with E-state index in [9.17, 15) is 24.4 Å². The van der Waals surface area contributed by atoms with Crippen molar-refractivity contribution in [1.82, 2.24) is 9.47 Å². The molecule has 1 aliphatic carbocycles. The van der Waals surface area contributed by atoms with E-state index in [1.54, 1.807) is 12.1 Å². The lowest BCUT2D eigenvalue weighted by Crippen LogP contribution is -2.36. The molecule has 2 fully saturated rings. The molecule has 154 valence electrons. The summed E-state index contributed by atoms with van der Waals surface area (Å²) in [7, 11) is 0. The predicted octanol–water partition coefficient (Wildman–Crippen LogP) is 4.69. The molecule has 1 aromatic carbocycles. The zero-order valence-corrected chi connectivity index (χ0v) is 16.3. The van der Waals surface area contributed by atoms with Crippen molar-refractivity contribution in [1.29, 1.82) is 0 Å². The average Bonchev–Trinajstić information content (AvgIpc) is 3.43. The van der Waals surface area contributed by atoms with E-state index >= 15 is 0 Å². The maximum Gasteiger partial charge on any atom is 0.407 e. The van der Waals surface area contributed by atoms with E-state index in [0.29, 0.717) is 31.8 Å². The summed E-state index contributed by atoms with van der Waals surface area (Å²) in [6.45, 7) is 3.07. The highest BCUT2D eigenvalue weighted by Crippen LogP contribution is 2.39. The van der Waals surface area contributed by atoms with Gasteiger partial charge in [-0.3, -0.25) is 10.1 Å². The van der Waals surface area contributed by atoms with Crippen LogP contribution >= 0.6 is 0 Å². The molecule has 0 bridgehead atoms. The van der Waals surface area contributed by atoms with E-state index in [-0.39, 0.29) is 17.4 Å². The third-order valence-corrected chi connectivity index (χ3v) is 6.01. The van der Waals surface area contributed by atoms with Gasteiger partial charge in [-0.1, -0.05) is 0 Å². The smallest absolute Gasteiger partial charge is 0.407 e. The number of fused-ring (bicyclic) bond motifs is 1. The highest BCUT2D eigenvalue weighted by atomic mass is 19.1. The zero-order valence-electron chi connectivity index (χ0n) is 16.3. The number of nitrogens with zero attached hydrogens (tertiary/aromatic N) is 3. The Labute approximate surface area is 167 Å². The molecule has 1 amide bonds. The molecule has 2 aromatic rings. The highest BCUT2D eigenvalue weighted by molar-refractivity contribution is 5.87. The van der Waals surface area contributed by atoms with Crippen LogP contribution in [0.15, 0.2) is 23.9 Å². The van der Waals surface area contributed by atoms with Crippen molar-refractivity contribution in [2.45, 2.75) is 45.1 Å². The zero-order chi connectivity index (χ0) is 20.7. The summed E-state index contributed by atoms with van der Waals surface area (Å²) in [5.41, 5.74) is 2.57. The van der Waals surface area contributed by atoms with E-state index in [0.717, 1.165) is 41.5 Å². The van der Waals surface area contributed by atoms with E-state index in [4.69, 9.17) is 0 Å². The van der Waals surface area contributed by atoms with E-state index in [2.05, 4.69) is 4.57 Å². The van der Waals surface area contributed by atoms with Gasteiger partial charge in [0, 0.05) is 43.7 Å². The van der Waals surface area contributed by atoms with Crippen LogP contribution in [0.3, 0.4) is 0 Å². The molecular weight excluding hydrogens is 377 g/mol. The lowest BCUT2D eigenvalue weighted by Gasteiger charge is -2.31. The van der Waals surface area contributed by atoms with Gasteiger partial charge in [-0.2, -0.15) is 0 Å². The number of aromatic nitrogens is 1. The Kier molecular flexibility index (Phi) is 5.02. The van der Waals surface area contributed by atoms with Crippen LogP contribution in [-0.2, 0) is 6.54 Å². The predicted molar refractivity (Wildman–Crippen MR) is 107 cm³/mol. The molecule has 1 aromatic heterocycles. The quantitative estimate of drug-likeness (QED) is 0.582. The summed E-state index contributed by atoms with van der Waals surface area (Å²) in [5, 5.41) is 21.1. The molecular formula is C21H24FN3O4. The Bertz CT molecular complexity index is 1000. The van der Waals surface area contributed by atoms with Crippen LogP contribution in [0.1, 0.15) is 49.8 Å². The van der Waals surface area contributed by atoms with E-state index < -0.39 is 11.0 Å². The van der Waals surface area contributed by atoms with Crippen molar-refractivity contribution in [3.05, 3.63) is 51.1 Å². The first-order valence-corrected chi connectivity index (χ1v) is 9.96. The van der Waals surface area contributed by atoms with Crippen molar-refractivity contribution in [3.63, 3.8) is 0 Å². The van der Waals surface area contributed by atoms with Crippen LogP contribution in [0.4, 0.5) is 9.18 Å². The minimum Gasteiger partial charge on any atom is -0.465 e. The molecule has 29 heavy (non-hydrogen) atoms. The van der Waals surface area contributed by atoms with Crippen molar-refractivity contribution in [2.24, 2.45) is 5.92 Å². The summed E-state index contributed by atoms with van der Waals surface area (Å²) < 4.78 is 16.5. The van der Waals surface area contributed by atoms with Gasteiger partial charge in [0.05, 0.1) is 10.4 Å². The lowest BCUT2D eigenvalue weighted by molar-refractivity contribution is -0.422. The van der Waals surface area contributed by atoms with Crippen molar-refractivity contribution in [3.8, 4) is 0 Å².